The minimum absolute atomic E-state index is 0.0458. The molecule has 1 aromatic carbocycles. The highest BCUT2D eigenvalue weighted by atomic mass is 19.1. The monoisotopic (exact) mass is 314 g/mol. The Morgan fingerprint density at radius 2 is 2.35 bits per heavy atom. The van der Waals surface area contributed by atoms with Gasteiger partial charge in [-0.05, 0) is 24.6 Å². The molecule has 0 aliphatic carbocycles. The fourth-order valence-electron chi connectivity index (χ4n) is 2.80. The van der Waals surface area contributed by atoms with E-state index in [0.717, 1.165) is 18.7 Å². The SMILES string of the molecule is Cc1cnn(C[C@@H]2CN(Cc3ccc(C#N)cc3F)CCO2)c1. The maximum atomic E-state index is 14.0. The van der Waals surface area contributed by atoms with Crippen molar-refractivity contribution in [3.05, 3.63) is 53.1 Å². The Hall–Kier alpha value is -2.23. The summed E-state index contributed by atoms with van der Waals surface area (Å²) in [6.45, 7) is 5.36. The molecule has 0 bridgehead atoms. The van der Waals surface area contributed by atoms with Crippen LogP contribution in [0.4, 0.5) is 4.39 Å². The molecule has 120 valence electrons. The molecule has 0 saturated carbocycles. The quantitative estimate of drug-likeness (QED) is 0.867. The number of benzene rings is 1. The van der Waals surface area contributed by atoms with E-state index in [4.69, 9.17) is 10.00 Å². The predicted octanol–water partition coefficient (Wildman–Crippen LogP) is 2.10. The Morgan fingerprint density at radius 3 is 3.04 bits per heavy atom. The molecule has 1 aliphatic heterocycles. The lowest BCUT2D eigenvalue weighted by molar-refractivity contribution is -0.0404. The van der Waals surface area contributed by atoms with Crippen LogP contribution in [0, 0.1) is 24.1 Å². The topological polar surface area (TPSA) is 54.1 Å². The Kier molecular flexibility index (Phi) is 4.70. The van der Waals surface area contributed by atoms with Gasteiger partial charge in [-0.25, -0.2) is 4.39 Å². The number of halogens is 1. The lowest BCUT2D eigenvalue weighted by atomic mass is 10.1. The number of morpholine rings is 1. The standard InChI is InChI=1S/C17H19FN4O/c1-13-8-20-22(9-13)12-16-11-21(4-5-23-16)10-15-3-2-14(7-19)6-17(15)18/h2-3,6,8-9,16H,4-5,10-12H2,1H3/t16-/m0/s1. The molecular weight excluding hydrogens is 295 g/mol. The van der Waals surface area contributed by atoms with Crippen LogP contribution >= 0.6 is 0 Å². The predicted molar refractivity (Wildman–Crippen MR) is 83.1 cm³/mol. The van der Waals surface area contributed by atoms with Gasteiger partial charge in [0.15, 0.2) is 0 Å². The first kappa shape index (κ1) is 15.7. The van der Waals surface area contributed by atoms with Crippen LogP contribution in [0.15, 0.2) is 30.6 Å². The molecule has 2 aromatic rings. The Balaban J connectivity index is 1.61. The number of nitrogens with zero attached hydrogens (tertiary/aromatic N) is 4. The van der Waals surface area contributed by atoms with Gasteiger partial charge in [-0.3, -0.25) is 9.58 Å². The molecule has 1 aromatic heterocycles. The van der Waals surface area contributed by atoms with Gasteiger partial charge in [0.1, 0.15) is 5.82 Å². The molecule has 0 spiro atoms. The summed E-state index contributed by atoms with van der Waals surface area (Å²) in [4.78, 5) is 2.18. The van der Waals surface area contributed by atoms with Crippen molar-refractivity contribution in [2.75, 3.05) is 19.7 Å². The number of hydrogen-bond acceptors (Lipinski definition) is 4. The zero-order valence-corrected chi connectivity index (χ0v) is 13.1. The van der Waals surface area contributed by atoms with Gasteiger partial charge in [0.25, 0.3) is 0 Å². The summed E-state index contributed by atoms with van der Waals surface area (Å²) < 4.78 is 21.7. The summed E-state index contributed by atoms with van der Waals surface area (Å²) in [5.74, 6) is -0.324. The molecule has 1 fully saturated rings. The summed E-state index contributed by atoms with van der Waals surface area (Å²) in [5.41, 5.74) is 2.08. The fourth-order valence-corrected chi connectivity index (χ4v) is 2.80. The first-order valence-electron chi connectivity index (χ1n) is 7.65. The number of hydrogen-bond donors (Lipinski definition) is 0. The second kappa shape index (κ2) is 6.90. The molecule has 2 heterocycles. The van der Waals surface area contributed by atoms with Crippen LogP contribution in [-0.4, -0.2) is 40.5 Å². The summed E-state index contributed by atoms with van der Waals surface area (Å²) in [5, 5.41) is 13.1. The smallest absolute Gasteiger partial charge is 0.129 e. The molecular formula is C17H19FN4O. The molecule has 0 N–H and O–H groups in total. The van der Waals surface area contributed by atoms with Crippen LogP contribution < -0.4 is 0 Å². The van der Waals surface area contributed by atoms with Crippen molar-refractivity contribution in [3.63, 3.8) is 0 Å². The van der Waals surface area contributed by atoms with Crippen molar-refractivity contribution < 1.29 is 9.13 Å². The molecule has 3 rings (SSSR count). The Labute approximate surface area is 134 Å². The van der Waals surface area contributed by atoms with E-state index in [1.165, 1.54) is 6.07 Å². The van der Waals surface area contributed by atoms with Crippen molar-refractivity contribution in [1.82, 2.24) is 14.7 Å². The zero-order valence-electron chi connectivity index (χ0n) is 13.1. The van der Waals surface area contributed by atoms with E-state index in [1.54, 1.807) is 12.1 Å². The highest BCUT2D eigenvalue weighted by molar-refractivity contribution is 5.32. The van der Waals surface area contributed by atoms with Crippen LogP contribution in [0.5, 0.6) is 0 Å². The van der Waals surface area contributed by atoms with Gasteiger partial charge in [0.2, 0.25) is 0 Å². The van der Waals surface area contributed by atoms with Crippen LogP contribution in [-0.2, 0) is 17.8 Å². The van der Waals surface area contributed by atoms with E-state index in [9.17, 15) is 4.39 Å². The summed E-state index contributed by atoms with van der Waals surface area (Å²) >= 11 is 0. The number of aryl methyl sites for hydroxylation is 1. The van der Waals surface area contributed by atoms with E-state index in [1.807, 2.05) is 30.1 Å². The first-order valence-corrected chi connectivity index (χ1v) is 7.65. The van der Waals surface area contributed by atoms with Crippen LogP contribution in [0.25, 0.3) is 0 Å². The molecule has 6 heteroatoms. The Morgan fingerprint density at radius 1 is 1.48 bits per heavy atom. The first-order chi connectivity index (χ1) is 11.1. The molecule has 1 saturated heterocycles. The summed E-state index contributed by atoms with van der Waals surface area (Å²) in [6.07, 6.45) is 3.86. The van der Waals surface area contributed by atoms with Gasteiger partial charge >= 0.3 is 0 Å². The van der Waals surface area contributed by atoms with Crippen molar-refractivity contribution in [1.29, 1.82) is 5.26 Å². The molecule has 0 amide bonds. The van der Waals surface area contributed by atoms with E-state index < -0.39 is 0 Å². The third-order valence-corrected chi connectivity index (χ3v) is 3.95. The lowest BCUT2D eigenvalue weighted by Gasteiger charge is -2.33. The molecule has 1 atom stereocenters. The van der Waals surface area contributed by atoms with E-state index in [-0.39, 0.29) is 11.9 Å². The van der Waals surface area contributed by atoms with Crippen LogP contribution in [0.3, 0.4) is 0 Å². The minimum atomic E-state index is -0.324. The van der Waals surface area contributed by atoms with Crippen molar-refractivity contribution in [3.8, 4) is 6.07 Å². The maximum absolute atomic E-state index is 14.0. The molecule has 1 aliphatic rings. The highest BCUT2D eigenvalue weighted by Crippen LogP contribution is 2.15. The number of rotatable bonds is 4. The molecule has 0 unspecified atom stereocenters. The highest BCUT2D eigenvalue weighted by Gasteiger charge is 2.22. The lowest BCUT2D eigenvalue weighted by Crippen LogP contribution is -2.43. The largest absolute Gasteiger partial charge is 0.374 e. The minimum Gasteiger partial charge on any atom is -0.374 e. The second-order valence-corrected chi connectivity index (χ2v) is 5.89. The van der Waals surface area contributed by atoms with Gasteiger partial charge in [-0.1, -0.05) is 6.07 Å². The number of nitriles is 1. The second-order valence-electron chi connectivity index (χ2n) is 5.89. The average molecular weight is 314 g/mol. The normalized spacial score (nSPS) is 18.7. The third kappa shape index (κ3) is 3.95. The van der Waals surface area contributed by atoms with Crippen molar-refractivity contribution in [2.45, 2.75) is 26.1 Å². The summed E-state index contributed by atoms with van der Waals surface area (Å²) in [6, 6.07) is 6.59. The Bertz CT molecular complexity index is 722. The van der Waals surface area contributed by atoms with Gasteiger partial charge in [0.05, 0.1) is 37.1 Å². The molecule has 5 nitrogen and oxygen atoms in total. The maximum Gasteiger partial charge on any atom is 0.129 e. The van der Waals surface area contributed by atoms with E-state index in [2.05, 4.69) is 10.00 Å². The van der Waals surface area contributed by atoms with E-state index in [0.29, 0.717) is 30.8 Å². The molecule has 0 radical (unpaired) electrons. The average Bonchev–Trinajstić information content (AvgIpc) is 2.94. The van der Waals surface area contributed by atoms with Crippen molar-refractivity contribution in [2.24, 2.45) is 0 Å². The molecule has 23 heavy (non-hydrogen) atoms. The van der Waals surface area contributed by atoms with Crippen LogP contribution in [0.1, 0.15) is 16.7 Å². The van der Waals surface area contributed by atoms with Gasteiger partial charge in [0, 0.05) is 31.4 Å². The fraction of sp³-hybridized carbons (Fsp3) is 0.412. The number of aromatic nitrogens is 2. The van der Waals surface area contributed by atoms with Gasteiger partial charge in [-0.2, -0.15) is 10.4 Å². The third-order valence-electron chi connectivity index (χ3n) is 3.95. The van der Waals surface area contributed by atoms with E-state index >= 15 is 0 Å². The van der Waals surface area contributed by atoms with Gasteiger partial charge in [-0.15, -0.1) is 0 Å². The van der Waals surface area contributed by atoms with Crippen molar-refractivity contribution >= 4 is 0 Å². The van der Waals surface area contributed by atoms with Gasteiger partial charge < -0.3 is 4.74 Å². The summed E-state index contributed by atoms with van der Waals surface area (Å²) in [7, 11) is 0. The number of ether oxygens (including phenoxy) is 1. The zero-order chi connectivity index (χ0) is 16.2. The van der Waals surface area contributed by atoms with Crippen LogP contribution in [0.2, 0.25) is 0 Å².